The third-order valence-electron chi connectivity index (χ3n) is 3.79. The van der Waals surface area contributed by atoms with E-state index in [-0.39, 0.29) is 5.69 Å². The molecule has 0 saturated heterocycles. The predicted molar refractivity (Wildman–Crippen MR) is 81.0 cm³/mol. The fourth-order valence-electron chi connectivity index (χ4n) is 2.67. The zero-order chi connectivity index (χ0) is 15.4. The molecule has 3 rings (SSSR count). The summed E-state index contributed by atoms with van der Waals surface area (Å²) in [7, 11) is 0. The molecule has 22 heavy (non-hydrogen) atoms. The van der Waals surface area contributed by atoms with Crippen LogP contribution in [0, 0.1) is 0 Å². The number of pyridine rings is 1. The van der Waals surface area contributed by atoms with E-state index in [2.05, 4.69) is 25.1 Å². The van der Waals surface area contributed by atoms with Gasteiger partial charge in [0.2, 0.25) is 0 Å². The molecule has 7 nitrogen and oxygen atoms in total. The molecule has 7 heteroatoms. The van der Waals surface area contributed by atoms with Gasteiger partial charge in [-0.25, -0.2) is 9.78 Å². The van der Waals surface area contributed by atoms with Gasteiger partial charge in [-0.1, -0.05) is 6.07 Å². The summed E-state index contributed by atoms with van der Waals surface area (Å²) in [4.78, 5) is 14.9. The Bertz CT molecular complexity index is 668. The number of carboxylic acids is 1. The number of aromatic carboxylic acids is 1. The number of hydrogen-bond donors (Lipinski definition) is 2. The summed E-state index contributed by atoms with van der Waals surface area (Å²) in [5, 5.41) is 20.6. The lowest BCUT2D eigenvalue weighted by atomic mass is 10.1. The molecule has 2 N–H and O–H groups in total. The van der Waals surface area contributed by atoms with E-state index in [1.54, 1.807) is 12.1 Å². The van der Waals surface area contributed by atoms with Crippen LogP contribution in [0.3, 0.4) is 0 Å². The van der Waals surface area contributed by atoms with Crippen LogP contribution >= 0.6 is 0 Å². The van der Waals surface area contributed by atoms with Crippen LogP contribution in [0.15, 0.2) is 18.2 Å². The zero-order valence-corrected chi connectivity index (χ0v) is 12.3. The normalized spacial score (nSPS) is 13.6. The number of nitrogens with one attached hydrogen (secondary N) is 1. The van der Waals surface area contributed by atoms with Gasteiger partial charge in [-0.05, 0) is 31.4 Å². The van der Waals surface area contributed by atoms with Crippen molar-refractivity contribution >= 4 is 11.8 Å². The summed E-state index contributed by atoms with van der Waals surface area (Å²) >= 11 is 0. The molecule has 1 aliphatic heterocycles. The van der Waals surface area contributed by atoms with Crippen LogP contribution in [0.1, 0.15) is 41.4 Å². The number of fused-ring (bicyclic) bond motifs is 1. The van der Waals surface area contributed by atoms with Crippen LogP contribution < -0.4 is 5.32 Å². The van der Waals surface area contributed by atoms with Gasteiger partial charge in [0.1, 0.15) is 17.5 Å². The van der Waals surface area contributed by atoms with E-state index < -0.39 is 5.97 Å². The fourth-order valence-corrected chi connectivity index (χ4v) is 2.67. The maximum atomic E-state index is 10.9. The lowest BCUT2D eigenvalue weighted by molar-refractivity contribution is 0.0690. The van der Waals surface area contributed by atoms with Crippen molar-refractivity contribution in [1.82, 2.24) is 19.7 Å². The third-order valence-corrected chi connectivity index (χ3v) is 3.79. The van der Waals surface area contributed by atoms with E-state index in [1.165, 1.54) is 18.9 Å². The van der Waals surface area contributed by atoms with Gasteiger partial charge in [0.05, 0.1) is 0 Å². The molecule has 0 bridgehead atoms. The first kappa shape index (κ1) is 14.5. The highest BCUT2D eigenvalue weighted by molar-refractivity contribution is 5.85. The molecule has 0 aromatic carbocycles. The Labute approximate surface area is 128 Å². The molecule has 1 aliphatic rings. The maximum absolute atomic E-state index is 10.9. The van der Waals surface area contributed by atoms with E-state index in [0.29, 0.717) is 5.82 Å². The summed E-state index contributed by atoms with van der Waals surface area (Å²) in [5.74, 6) is 1.72. The highest BCUT2D eigenvalue weighted by Crippen LogP contribution is 2.15. The smallest absolute Gasteiger partial charge is 0.354 e. The van der Waals surface area contributed by atoms with Gasteiger partial charge in [0.25, 0.3) is 0 Å². The van der Waals surface area contributed by atoms with Crippen LogP contribution in [0.2, 0.25) is 0 Å². The third kappa shape index (κ3) is 3.24. The lowest BCUT2D eigenvalue weighted by Gasteiger charge is -2.14. The second kappa shape index (κ2) is 6.55. The monoisotopic (exact) mass is 301 g/mol. The van der Waals surface area contributed by atoms with Crippen LogP contribution in [-0.4, -0.2) is 37.4 Å². The Kier molecular flexibility index (Phi) is 4.32. The largest absolute Gasteiger partial charge is 0.477 e. The van der Waals surface area contributed by atoms with Gasteiger partial charge < -0.3 is 15.0 Å². The van der Waals surface area contributed by atoms with Gasteiger partial charge in [-0.2, -0.15) is 0 Å². The Morgan fingerprint density at radius 1 is 1.32 bits per heavy atom. The molecule has 0 unspecified atom stereocenters. The SMILES string of the molecule is O=C(O)c1cccc(NCCCc2nnc3n2CCCC3)n1. The van der Waals surface area contributed by atoms with Gasteiger partial charge in [0, 0.05) is 25.9 Å². The Morgan fingerprint density at radius 2 is 2.23 bits per heavy atom. The predicted octanol–water partition coefficient (Wildman–Crippen LogP) is 1.75. The highest BCUT2D eigenvalue weighted by atomic mass is 16.4. The van der Waals surface area contributed by atoms with Crippen molar-refractivity contribution in [3.63, 3.8) is 0 Å². The molecule has 0 amide bonds. The number of nitrogens with zero attached hydrogens (tertiary/aromatic N) is 4. The van der Waals surface area contributed by atoms with Crippen LogP contribution in [0.25, 0.3) is 0 Å². The fraction of sp³-hybridized carbons (Fsp3) is 0.467. The number of carboxylic acid groups (broad SMARTS) is 1. The lowest BCUT2D eigenvalue weighted by Crippen LogP contribution is -2.14. The first-order chi connectivity index (χ1) is 10.7. The standard InChI is InChI=1S/C15H19N5O2/c21-15(22)11-5-3-6-12(17-11)16-9-4-8-14-19-18-13-7-1-2-10-20(13)14/h3,5-6H,1-2,4,7-10H2,(H,16,17)(H,21,22). The molecule has 0 spiro atoms. The number of aryl methyl sites for hydroxylation is 2. The van der Waals surface area contributed by atoms with Gasteiger partial charge in [-0.15, -0.1) is 10.2 Å². The minimum atomic E-state index is -1.02. The van der Waals surface area contributed by atoms with Gasteiger partial charge in [0.15, 0.2) is 5.69 Å². The minimum absolute atomic E-state index is 0.0523. The second-order valence-corrected chi connectivity index (χ2v) is 5.38. The molecule has 0 aliphatic carbocycles. The van der Waals surface area contributed by atoms with Crippen molar-refractivity contribution in [3.8, 4) is 0 Å². The average Bonchev–Trinajstić information content (AvgIpc) is 2.95. The summed E-state index contributed by atoms with van der Waals surface area (Å²) < 4.78 is 2.23. The Hall–Kier alpha value is -2.44. The first-order valence-electron chi connectivity index (χ1n) is 7.59. The van der Waals surface area contributed by atoms with Crippen molar-refractivity contribution in [3.05, 3.63) is 35.5 Å². The molecule has 0 atom stereocenters. The van der Waals surface area contributed by atoms with E-state index >= 15 is 0 Å². The number of hydrogen-bond acceptors (Lipinski definition) is 5. The molecule has 2 aromatic heterocycles. The Morgan fingerprint density at radius 3 is 3.09 bits per heavy atom. The number of aromatic nitrogens is 4. The Balaban J connectivity index is 1.50. The molecule has 0 saturated carbocycles. The van der Waals surface area contributed by atoms with Crippen molar-refractivity contribution in [2.75, 3.05) is 11.9 Å². The van der Waals surface area contributed by atoms with Crippen molar-refractivity contribution in [1.29, 1.82) is 0 Å². The van der Waals surface area contributed by atoms with E-state index in [1.807, 2.05) is 0 Å². The second-order valence-electron chi connectivity index (χ2n) is 5.38. The molecular weight excluding hydrogens is 282 g/mol. The quantitative estimate of drug-likeness (QED) is 0.790. The topological polar surface area (TPSA) is 92.9 Å². The highest BCUT2D eigenvalue weighted by Gasteiger charge is 2.15. The summed E-state index contributed by atoms with van der Waals surface area (Å²) in [6.45, 7) is 1.74. The van der Waals surface area contributed by atoms with Gasteiger partial charge in [-0.3, -0.25) is 0 Å². The minimum Gasteiger partial charge on any atom is -0.477 e. The van der Waals surface area contributed by atoms with Gasteiger partial charge >= 0.3 is 5.97 Å². The van der Waals surface area contributed by atoms with E-state index in [4.69, 9.17) is 5.11 Å². The first-order valence-corrected chi connectivity index (χ1v) is 7.59. The number of anilines is 1. The van der Waals surface area contributed by atoms with Crippen LogP contribution in [-0.2, 0) is 19.4 Å². The van der Waals surface area contributed by atoms with Crippen LogP contribution in [0.4, 0.5) is 5.82 Å². The molecule has 116 valence electrons. The van der Waals surface area contributed by atoms with Crippen molar-refractivity contribution in [2.45, 2.75) is 38.6 Å². The summed E-state index contributed by atoms with van der Waals surface area (Å²) in [6.07, 6.45) is 5.18. The molecular formula is C15H19N5O2. The molecule has 0 radical (unpaired) electrons. The molecule has 3 heterocycles. The van der Waals surface area contributed by atoms with Crippen LogP contribution in [0.5, 0.6) is 0 Å². The average molecular weight is 301 g/mol. The van der Waals surface area contributed by atoms with Crippen molar-refractivity contribution in [2.24, 2.45) is 0 Å². The molecule has 0 fully saturated rings. The van der Waals surface area contributed by atoms with E-state index in [9.17, 15) is 4.79 Å². The number of carbonyl (C=O) groups is 1. The number of rotatable bonds is 6. The van der Waals surface area contributed by atoms with Crippen molar-refractivity contribution < 1.29 is 9.90 Å². The van der Waals surface area contributed by atoms with E-state index in [0.717, 1.165) is 44.0 Å². The maximum Gasteiger partial charge on any atom is 0.354 e. The zero-order valence-electron chi connectivity index (χ0n) is 12.3. The summed E-state index contributed by atoms with van der Waals surface area (Å²) in [6, 6.07) is 4.94. The molecule has 2 aromatic rings. The summed E-state index contributed by atoms with van der Waals surface area (Å²) in [5.41, 5.74) is 0.0523.